The Morgan fingerprint density at radius 1 is 1.26 bits per heavy atom. The molecule has 1 heterocycles. The molecular weight excluding hydrogens is 240 g/mol. The quantitative estimate of drug-likeness (QED) is 0.921. The summed E-state index contributed by atoms with van der Waals surface area (Å²) >= 11 is 0. The number of methoxy groups -OCH3 is 1. The number of hydrogen-bond acceptors (Lipinski definition) is 3. The number of rotatable bonds is 3. The fourth-order valence-corrected chi connectivity index (χ4v) is 2.00. The first-order chi connectivity index (χ1) is 9.01. The van der Waals surface area contributed by atoms with Crippen molar-refractivity contribution in [2.75, 3.05) is 7.11 Å². The number of aromatic nitrogens is 2. The van der Waals surface area contributed by atoms with E-state index in [-0.39, 0.29) is 5.69 Å². The summed E-state index contributed by atoms with van der Waals surface area (Å²) in [4.78, 5) is 18.2. The topological polar surface area (TPSA) is 55.0 Å². The van der Waals surface area contributed by atoms with Gasteiger partial charge in [-0.25, -0.2) is 4.79 Å². The Morgan fingerprint density at radius 3 is 2.58 bits per heavy atom. The van der Waals surface area contributed by atoms with Crippen molar-refractivity contribution in [3.05, 3.63) is 46.0 Å². The van der Waals surface area contributed by atoms with Gasteiger partial charge in [0, 0.05) is 11.3 Å². The SMILES string of the molecule is COc1ccc(C(C)C)cc1-c1cc(C)[nH]c(=O)n1. The van der Waals surface area contributed by atoms with E-state index in [2.05, 4.69) is 23.8 Å². The molecule has 100 valence electrons. The van der Waals surface area contributed by atoms with Crippen LogP contribution in [-0.4, -0.2) is 17.1 Å². The van der Waals surface area contributed by atoms with Crippen LogP contribution in [0.1, 0.15) is 31.0 Å². The van der Waals surface area contributed by atoms with Crippen LogP contribution in [0.4, 0.5) is 0 Å². The molecule has 0 saturated carbocycles. The zero-order chi connectivity index (χ0) is 14.0. The predicted octanol–water partition coefficient (Wildman–Crippen LogP) is 2.88. The highest BCUT2D eigenvalue weighted by Crippen LogP contribution is 2.31. The molecule has 0 aliphatic rings. The lowest BCUT2D eigenvalue weighted by molar-refractivity contribution is 0.416. The van der Waals surface area contributed by atoms with Crippen LogP contribution in [0, 0.1) is 6.92 Å². The van der Waals surface area contributed by atoms with Crippen molar-refractivity contribution >= 4 is 0 Å². The van der Waals surface area contributed by atoms with Crippen molar-refractivity contribution in [1.29, 1.82) is 0 Å². The molecule has 1 aromatic heterocycles. The van der Waals surface area contributed by atoms with Gasteiger partial charge in [0.1, 0.15) is 5.75 Å². The molecule has 0 fully saturated rings. The van der Waals surface area contributed by atoms with Crippen molar-refractivity contribution in [2.24, 2.45) is 0 Å². The van der Waals surface area contributed by atoms with Gasteiger partial charge in [-0.2, -0.15) is 4.98 Å². The molecule has 0 atom stereocenters. The number of ether oxygens (including phenoxy) is 1. The predicted molar refractivity (Wildman–Crippen MR) is 75.7 cm³/mol. The Hall–Kier alpha value is -2.10. The van der Waals surface area contributed by atoms with Crippen LogP contribution in [-0.2, 0) is 0 Å². The van der Waals surface area contributed by atoms with Gasteiger partial charge in [0.25, 0.3) is 0 Å². The minimum absolute atomic E-state index is 0.341. The van der Waals surface area contributed by atoms with Crippen LogP contribution in [0.5, 0.6) is 5.75 Å². The second kappa shape index (κ2) is 5.26. The molecule has 1 N–H and O–H groups in total. The lowest BCUT2D eigenvalue weighted by Crippen LogP contribution is -2.12. The normalized spacial score (nSPS) is 10.8. The summed E-state index contributed by atoms with van der Waals surface area (Å²) in [5.74, 6) is 1.13. The van der Waals surface area contributed by atoms with E-state index in [4.69, 9.17) is 4.74 Å². The van der Waals surface area contributed by atoms with E-state index in [9.17, 15) is 4.79 Å². The maximum Gasteiger partial charge on any atom is 0.345 e. The molecule has 0 radical (unpaired) electrons. The Morgan fingerprint density at radius 2 is 2.00 bits per heavy atom. The summed E-state index contributed by atoms with van der Waals surface area (Å²) in [7, 11) is 1.62. The van der Waals surface area contributed by atoms with E-state index in [1.165, 1.54) is 5.56 Å². The molecule has 0 amide bonds. The highest BCUT2D eigenvalue weighted by atomic mass is 16.5. The summed E-state index contributed by atoms with van der Waals surface area (Å²) in [6.07, 6.45) is 0. The van der Waals surface area contributed by atoms with Crippen LogP contribution in [0.3, 0.4) is 0 Å². The number of hydrogen-bond donors (Lipinski definition) is 1. The molecule has 0 aliphatic carbocycles. The zero-order valence-corrected chi connectivity index (χ0v) is 11.7. The summed E-state index contributed by atoms with van der Waals surface area (Å²) in [6, 6.07) is 7.84. The molecule has 0 saturated heterocycles. The highest BCUT2D eigenvalue weighted by Gasteiger charge is 2.11. The molecule has 0 bridgehead atoms. The average Bonchev–Trinajstić information content (AvgIpc) is 2.36. The fraction of sp³-hybridized carbons (Fsp3) is 0.333. The first kappa shape index (κ1) is 13.3. The smallest absolute Gasteiger partial charge is 0.345 e. The minimum atomic E-state index is -0.341. The van der Waals surface area contributed by atoms with Gasteiger partial charge < -0.3 is 9.72 Å². The first-order valence-electron chi connectivity index (χ1n) is 6.27. The maximum absolute atomic E-state index is 11.5. The molecule has 0 aliphatic heterocycles. The molecule has 4 heteroatoms. The molecule has 2 rings (SSSR count). The number of nitrogens with zero attached hydrogens (tertiary/aromatic N) is 1. The lowest BCUT2D eigenvalue weighted by Gasteiger charge is -2.12. The molecule has 4 nitrogen and oxygen atoms in total. The molecule has 0 spiro atoms. The summed E-state index contributed by atoms with van der Waals surface area (Å²) in [5.41, 5.74) is 3.12. The first-order valence-corrected chi connectivity index (χ1v) is 6.27. The number of aromatic amines is 1. The Labute approximate surface area is 112 Å². The third-order valence-electron chi connectivity index (χ3n) is 3.05. The molecule has 1 aromatic carbocycles. The zero-order valence-electron chi connectivity index (χ0n) is 11.7. The standard InChI is InChI=1S/C15H18N2O2/c1-9(2)11-5-6-14(19-4)12(8-11)13-7-10(3)16-15(18)17-13/h5-9H,1-4H3,(H,16,17,18). The molecular formula is C15H18N2O2. The maximum atomic E-state index is 11.5. The monoisotopic (exact) mass is 258 g/mol. The van der Waals surface area contributed by atoms with E-state index in [1.54, 1.807) is 7.11 Å². The highest BCUT2D eigenvalue weighted by molar-refractivity contribution is 5.68. The Bertz CT molecular complexity index is 645. The summed E-state index contributed by atoms with van der Waals surface area (Å²) in [6.45, 7) is 6.09. The van der Waals surface area contributed by atoms with Gasteiger partial charge >= 0.3 is 5.69 Å². The average molecular weight is 258 g/mol. The van der Waals surface area contributed by atoms with Crippen molar-refractivity contribution < 1.29 is 4.74 Å². The van der Waals surface area contributed by atoms with Gasteiger partial charge in [0.05, 0.1) is 12.8 Å². The lowest BCUT2D eigenvalue weighted by atomic mass is 9.98. The second-order valence-electron chi connectivity index (χ2n) is 4.87. The van der Waals surface area contributed by atoms with E-state index < -0.39 is 0 Å². The van der Waals surface area contributed by atoms with Gasteiger partial charge in [-0.3, -0.25) is 0 Å². The van der Waals surface area contributed by atoms with Gasteiger partial charge in [0.2, 0.25) is 0 Å². The van der Waals surface area contributed by atoms with E-state index in [0.717, 1.165) is 17.0 Å². The third kappa shape index (κ3) is 2.84. The largest absolute Gasteiger partial charge is 0.496 e. The molecule has 19 heavy (non-hydrogen) atoms. The Balaban J connectivity index is 2.64. The minimum Gasteiger partial charge on any atom is -0.496 e. The third-order valence-corrected chi connectivity index (χ3v) is 3.05. The fourth-order valence-electron chi connectivity index (χ4n) is 2.00. The van der Waals surface area contributed by atoms with Gasteiger partial charge in [0.15, 0.2) is 0 Å². The van der Waals surface area contributed by atoms with Crippen LogP contribution < -0.4 is 10.4 Å². The van der Waals surface area contributed by atoms with Gasteiger partial charge in [-0.1, -0.05) is 19.9 Å². The summed E-state index contributed by atoms with van der Waals surface area (Å²) in [5, 5.41) is 0. The van der Waals surface area contributed by atoms with Crippen molar-refractivity contribution in [3.63, 3.8) is 0 Å². The number of nitrogens with one attached hydrogen (secondary N) is 1. The van der Waals surface area contributed by atoms with Crippen molar-refractivity contribution in [2.45, 2.75) is 26.7 Å². The molecule has 2 aromatic rings. The Kier molecular flexibility index (Phi) is 3.69. The van der Waals surface area contributed by atoms with Crippen LogP contribution in [0.15, 0.2) is 29.1 Å². The number of benzene rings is 1. The van der Waals surface area contributed by atoms with Gasteiger partial charge in [-0.15, -0.1) is 0 Å². The van der Waals surface area contributed by atoms with Gasteiger partial charge in [-0.05, 0) is 36.6 Å². The van der Waals surface area contributed by atoms with E-state index in [0.29, 0.717) is 11.6 Å². The van der Waals surface area contributed by atoms with Crippen molar-refractivity contribution in [1.82, 2.24) is 9.97 Å². The van der Waals surface area contributed by atoms with Crippen LogP contribution >= 0.6 is 0 Å². The van der Waals surface area contributed by atoms with E-state index in [1.807, 2.05) is 31.2 Å². The van der Waals surface area contributed by atoms with E-state index >= 15 is 0 Å². The second-order valence-corrected chi connectivity index (χ2v) is 4.87. The van der Waals surface area contributed by atoms with Crippen molar-refractivity contribution in [3.8, 4) is 17.0 Å². The summed E-state index contributed by atoms with van der Waals surface area (Å²) < 4.78 is 5.36. The number of aryl methyl sites for hydroxylation is 1. The molecule has 0 unspecified atom stereocenters. The van der Waals surface area contributed by atoms with Crippen LogP contribution in [0.25, 0.3) is 11.3 Å². The van der Waals surface area contributed by atoms with Crippen LogP contribution in [0.2, 0.25) is 0 Å². The number of H-pyrrole nitrogens is 1.